The number of fused-ring (bicyclic) bond motifs is 1. The summed E-state index contributed by atoms with van der Waals surface area (Å²) in [4.78, 5) is 11.1. The third kappa shape index (κ3) is 0.676. The topological polar surface area (TPSA) is 57.5 Å². The van der Waals surface area contributed by atoms with Crippen LogP contribution in [-0.4, -0.2) is 16.0 Å². The molecule has 0 heterocycles. The van der Waals surface area contributed by atoms with Crippen molar-refractivity contribution in [2.45, 2.75) is 0 Å². The number of carbonyl (C=O) groups is 1. The average Bonchev–Trinajstić information content (AvgIpc) is 2.33. The zero-order valence-electron chi connectivity index (χ0n) is 6.11. The predicted octanol–water partition coefficient (Wildman–Crippen LogP) is 1.67. The number of hydrogen-bond acceptors (Lipinski definition) is 3. The fourth-order valence-corrected chi connectivity index (χ4v) is 1.25. The fourth-order valence-electron chi connectivity index (χ4n) is 1.25. The Morgan fingerprint density at radius 3 is 2.08 bits per heavy atom. The standard InChI is InChI=1S/C9H6O3/c10-7-5-3-1-2-4-6(5)8(11)9(7)12/h1-4H,(H2,10,11,12). The molecule has 3 nitrogen and oxygen atoms in total. The summed E-state index contributed by atoms with van der Waals surface area (Å²) in [5.41, 5.74) is 0.757. The number of rotatable bonds is 0. The Morgan fingerprint density at radius 2 is 1.50 bits per heavy atom. The van der Waals surface area contributed by atoms with Gasteiger partial charge in [0.25, 0.3) is 0 Å². The van der Waals surface area contributed by atoms with Crippen molar-refractivity contribution in [1.82, 2.24) is 0 Å². The van der Waals surface area contributed by atoms with Crippen molar-refractivity contribution in [2.24, 2.45) is 0 Å². The molecule has 0 bridgehead atoms. The quantitative estimate of drug-likeness (QED) is 0.610. The van der Waals surface area contributed by atoms with Crippen LogP contribution in [0.5, 0.6) is 0 Å². The molecular weight excluding hydrogens is 156 g/mol. The zero-order chi connectivity index (χ0) is 8.72. The maximum absolute atomic E-state index is 11.1. The molecule has 1 aromatic carbocycles. The van der Waals surface area contributed by atoms with Crippen LogP contribution in [0.1, 0.15) is 15.9 Å². The number of allylic oxidation sites excluding steroid dienone is 1. The molecule has 2 N–H and O–H groups in total. The highest BCUT2D eigenvalue weighted by molar-refractivity contribution is 6.17. The van der Waals surface area contributed by atoms with Crippen molar-refractivity contribution in [3.05, 3.63) is 41.2 Å². The van der Waals surface area contributed by atoms with E-state index in [4.69, 9.17) is 5.11 Å². The van der Waals surface area contributed by atoms with Gasteiger partial charge in [0.2, 0.25) is 11.5 Å². The first-order chi connectivity index (χ1) is 5.72. The lowest BCUT2D eigenvalue weighted by Gasteiger charge is -1.94. The number of aliphatic hydroxyl groups is 2. The Balaban J connectivity index is 2.73. The van der Waals surface area contributed by atoms with E-state index in [2.05, 4.69) is 0 Å². The highest BCUT2D eigenvalue weighted by Gasteiger charge is 2.28. The van der Waals surface area contributed by atoms with Crippen molar-refractivity contribution in [3.8, 4) is 0 Å². The highest BCUT2D eigenvalue weighted by Crippen LogP contribution is 2.28. The van der Waals surface area contributed by atoms with Gasteiger partial charge in [-0.3, -0.25) is 4.79 Å². The molecular formula is C9H6O3. The maximum Gasteiger partial charge on any atom is 0.231 e. The van der Waals surface area contributed by atoms with Crippen molar-refractivity contribution in [1.29, 1.82) is 0 Å². The van der Waals surface area contributed by atoms with E-state index in [1.54, 1.807) is 24.3 Å². The maximum atomic E-state index is 11.1. The van der Waals surface area contributed by atoms with Gasteiger partial charge in [-0.15, -0.1) is 0 Å². The molecule has 0 unspecified atom stereocenters. The van der Waals surface area contributed by atoms with Crippen LogP contribution in [0.3, 0.4) is 0 Å². The summed E-state index contributed by atoms with van der Waals surface area (Å²) >= 11 is 0. The second-order valence-corrected chi connectivity index (χ2v) is 2.57. The summed E-state index contributed by atoms with van der Waals surface area (Å²) in [7, 11) is 0. The van der Waals surface area contributed by atoms with Gasteiger partial charge in [0.05, 0.1) is 0 Å². The summed E-state index contributed by atoms with van der Waals surface area (Å²) in [6, 6.07) is 6.53. The summed E-state index contributed by atoms with van der Waals surface area (Å²) in [6.07, 6.45) is 0. The van der Waals surface area contributed by atoms with Crippen LogP contribution in [0.15, 0.2) is 30.0 Å². The first-order valence-electron chi connectivity index (χ1n) is 3.48. The Kier molecular flexibility index (Phi) is 1.21. The van der Waals surface area contributed by atoms with Gasteiger partial charge in [-0.2, -0.15) is 0 Å². The molecule has 0 radical (unpaired) electrons. The lowest BCUT2D eigenvalue weighted by Crippen LogP contribution is -1.96. The van der Waals surface area contributed by atoms with Gasteiger partial charge in [0.15, 0.2) is 5.76 Å². The fraction of sp³-hybridized carbons (Fsp3) is 0. The van der Waals surface area contributed by atoms with Crippen molar-refractivity contribution >= 4 is 11.5 Å². The number of Topliss-reactive ketones (excluding diaryl/α,β-unsaturated/α-hetero) is 1. The third-order valence-corrected chi connectivity index (χ3v) is 1.87. The minimum absolute atomic E-state index is 0.324. The van der Waals surface area contributed by atoms with E-state index in [0.29, 0.717) is 11.1 Å². The predicted molar refractivity (Wildman–Crippen MR) is 43.0 cm³/mol. The second-order valence-electron chi connectivity index (χ2n) is 2.57. The Morgan fingerprint density at radius 1 is 0.917 bits per heavy atom. The molecule has 0 fully saturated rings. The lowest BCUT2D eigenvalue weighted by molar-refractivity contribution is 0.0982. The Hall–Kier alpha value is -1.77. The van der Waals surface area contributed by atoms with Crippen LogP contribution in [0, 0.1) is 0 Å². The third-order valence-electron chi connectivity index (χ3n) is 1.87. The summed E-state index contributed by atoms with van der Waals surface area (Å²) in [5.74, 6) is -1.39. The van der Waals surface area contributed by atoms with Gasteiger partial charge in [0, 0.05) is 11.1 Å². The molecule has 3 heteroatoms. The van der Waals surface area contributed by atoms with E-state index in [-0.39, 0.29) is 5.76 Å². The largest absolute Gasteiger partial charge is 0.504 e. The monoisotopic (exact) mass is 162 g/mol. The molecule has 12 heavy (non-hydrogen) atoms. The van der Waals surface area contributed by atoms with E-state index in [1.165, 1.54) is 0 Å². The summed E-state index contributed by atoms with van der Waals surface area (Å²) < 4.78 is 0. The van der Waals surface area contributed by atoms with Gasteiger partial charge in [-0.05, 0) is 0 Å². The molecule has 60 valence electrons. The van der Waals surface area contributed by atoms with Crippen LogP contribution < -0.4 is 0 Å². The summed E-state index contributed by atoms with van der Waals surface area (Å²) in [6.45, 7) is 0. The normalized spacial score (nSPS) is 15.2. The minimum Gasteiger partial charge on any atom is -0.504 e. The van der Waals surface area contributed by atoms with Crippen LogP contribution in [-0.2, 0) is 0 Å². The van der Waals surface area contributed by atoms with Crippen LogP contribution in [0.4, 0.5) is 0 Å². The van der Waals surface area contributed by atoms with Crippen molar-refractivity contribution in [3.63, 3.8) is 0 Å². The Labute approximate surface area is 68.6 Å². The van der Waals surface area contributed by atoms with Crippen LogP contribution in [0.2, 0.25) is 0 Å². The smallest absolute Gasteiger partial charge is 0.231 e. The van der Waals surface area contributed by atoms with E-state index in [9.17, 15) is 9.90 Å². The molecule has 0 aliphatic heterocycles. The van der Waals surface area contributed by atoms with Crippen LogP contribution in [0.25, 0.3) is 5.76 Å². The highest BCUT2D eigenvalue weighted by atomic mass is 16.3. The van der Waals surface area contributed by atoms with E-state index in [1.807, 2.05) is 0 Å². The summed E-state index contributed by atoms with van der Waals surface area (Å²) in [5, 5.41) is 18.3. The van der Waals surface area contributed by atoms with E-state index >= 15 is 0 Å². The SMILES string of the molecule is O=C1C(O)=C(O)c2ccccc21. The van der Waals surface area contributed by atoms with Crippen LogP contribution >= 0.6 is 0 Å². The van der Waals surface area contributed by atoms with Crippen molar-refractivity contribution < 1.29 is 15.0 Å². The van der Waals surface area contributed by atoms with E-state index < -0.39 is 11.5 Å². The molecule has 0 aromatic heterocycles. The second kappa shape index (κ2) is 2.11. The number of hydrogen-bond donors (Lipinski definition) is 2. The van der Waals surface area contributed by atoms with Crippen molar-refractivity contribution in [2.75, 3.05) is 0 Å². The minimum atomic E-state index is -0.559. The number of ketones is 1. The lowest BCUT2D eigenvalue weighted by atomic mass is 10.1. The van der Waals surface area contributed by atoms with Gasteiger partial charge < -0.3 is 10.2 Å². The first-order valence-corrected chi connectivity index (χ1v) is 3.48. The molecule has 0 amide bonds. The molecule has 1 aliphatic carbocycles. The molecule has 1 aromatic rings. The number of benzene rings is 1. The first kappa shape index (κ1) is 6.91. The molecule has 0 saturated heterocycles. The molecule has 0 spiro atoms. The van der Waals surface area contributed by atoms with E-state index in [0.717, 1.165) is 0 Å². The molecule has 0 atom stereocenters. The van der Waals surface area contributed by atoms with Gasteiger partial charge in [0.1, 0.15) is 0 Å². The zero-order valence-corrected chi connectivity index (χ0v) is 6.11. The number of carbonyl (C=O) groups excluding carboxylic acids is 1. The number of aliphatic hydroxyl groups excluding tert-OH is 2. The molecule has 2 rings (SSSR count). The average molecular weight is 162 g/mol. The van der Waals surface area contributed by atoms with Gasteiger partial charge in [-0.1, -0.05) is 24.3 Å². The Bertz CT molecular complexity index is 391. The van der Waals surface area contributed by atoms with Gasteiger partial charge >= 0.3 is 0 Å². The molecule has 0 saturated carbocycles. The molecule has 1 aliphatic rings. The van der Waals surface area contributed by atoms with Gasteiger partial charge in [-0.25, -0.2) is 0 Å².